The third-order valence-corrected chi connectivity index (χ3v) is 4.00. The summed E-state index contributed by atoms with van der Waals surface area (Å²) in [5, 5.41) is 12.8. The molecule has 0 unspecified atom stereocenters. The molecule has 1 amide bonds. The predicted molar refractivity (Wildman–Crippen MR) is 96.3 cm³/mol. The average Bonchev–Trinajstić information content (AvgIpc) is 2.63. The molecule has 1 aromatic carbocycles. The molecule has 0 fully saturated rings. The fourth-order valence-corrected chi connectivity index (χ4v) is 2.66. The molecule has 0 aliphatic rings. The Morgan fingerprint density at radius 3 is 2.62 bits per heavy atom. The highest BCUT2D eigenvalue weighted by Gasteiger charge is 2.17. The molecule has 2 heterocycles. The molecule has 0 aliphatic heterocycles. The van der Waals surface area contributed by atoms with Gasteiger partial charge in [-0.2, -0.15) is 0 Å². The van der Waals surface area contributed by atoms with Crippen LogP contribution < -0.4 is 10.9 Å². The fraction of sp³-hybridized carbons (Fsp3) is 0.111. The molecule has 2 aromatic heterocycles. The van der Waals surface area contributed by atoms with Crippen molar-refractivity contribution in [2.24, 2.45) is 0 Å². The summed E-state index contributed by atoms with van der Waals surface area (Å²) in [6.07, 6.45) is 1.46. The minimum absolute atomic E-state index is 0.138. The van der Waals surface area contributed by atoms with Gasteiger partial charge in [-0.1, -0.05) is 23.7 Å². The Bertz CT molecular complexity index is 1040. The van der Waals surface area contributed by atoms with Gasteiger partial charge in [-0.15, -0.1) is 0 Å². The molecule has 0 atom stereocenters. The number of carboxylic acid groups (broad SMARTS) is 1. The minimum atomic E-state index is -1.20. The van der Waals surface area contributed by atoms with Gasteiger partial charge in [0.05, 0.1) is 0 Å². The number of carbonyl (C=O) groups is 2. The first kappa shape index (κ1) is 17.6. The molecule has 0 saturated carbocycles. The summed E-state index contributed by atoms with van der Waals surface area (Å²) >= 11 is 5.82. The summed E-state index contributed by atoms with van der Waals surface area (Å²) in [7, 11) is 0. The Morgan fingerprint density at radius 1 is 1.19 bits per heavy atom. The lowest BCUT2D eigenvalue weighted by molar-refractivity contribution is -0.137. The van der Waals surface area contributed by atoms with E-state index in [2.05, 4.69) is 10.3 Å². The Balaban J connectivity index is 1.94. The van der Waals surface area contributed by atoms with Crippen molar-refractivity contribution in [2.45, 2.75) is 13.1 Å². The lowest BCUT2D eigenvalue weighted by Crippen LogP contribution is -2.34. The van der Waals surface area contributed by atoms with Crippen LogP contribution in [0.4, 0.5) is 0 Å². The molecule has 132 valence electrons. The van der Waals surface area contributed by atoms with Crippen LogP contribution in [0, 0.1) is 0 Å². The molecule has 8 heteroatoms. The number of rotatable bonds is 5. The van der Waals surface area contributed by atoms with E-state index < -0.39 is 24.0 Å². The number of fused-ring (bicyclic) bond motifs is 1. The van der Waals surface area contributed by atoms with Crippen LogP contribution in [0.5, 0.6) is 0 Å². The third kappa shape index (κ3) is 3.73. The fourth-order valence-electron chi connectivity index (χ4n) is 2.53. The Kier molecular flexibility index (Phi) is 4.99. The number of hydrogen-bond acceptors (Lipinski definition) is 4. The van der Waals surface area contributed by atoms with Crippen molar-refractivity contribution in [3.05, 3.63) is 75.2 Å². The van der Waals surface area contributed by atoms with E-state index in [-0.39, 0.29) is 17.8 Å². The van der Waals surface area contributed by atoms with Crippen molar-refractivity contribution >= 4 is 34.5 Å². The first-order valence-electron chi connectivity index (χ1n) is 7.68. The van der Waals surface area contributed by atoms with Crippen LogP contribution in [0.25, 0.3) is 11.0 Å². The van der Waals surface area contributed by atoms with E-state index in [0.717, 1.165) is 10.1 Å². The van der Waals surface area contributed by atoms with Crippen molar-refractivity contribution in [1.29, 1.82) is 0 Å². The summed E-state index contributed by atoms with van der Waals surface area (Å²) in [4.78, 5) is 40.2. The number of benzene rings is 1. The molecular formula is C18H14ClN3O4. The third-order valence-electron chi connectivity index (χ3n) is 3.75. The topological polar surface area (TPSA) is 101 Å². The molecule has 3 rings (SSSR count). The number of carboxylic acids is 1. The van der Waals surface area contributed by atoms with Crippen LogP contribution in [0.15, 0.2) is 53.5 Å². The zero-order valence-electron chi connectivity index (χ0n) is 13.5. The van der Waals surface area contributed by atoms with E-state index in [1.54, 1.807) is 36.4 Å². The van der Waals surface area contributed by atoms with E-state index in [9.17, 15) is 14.4 Å². The molecule has 26 heavy (non-hydrogen) atoms. The Labute approximate surface area is 152 Å². The zero-order valence-corrected chi connectivity index (χ0v) is 14.2. The number of halogens is 1. The van der Waals surface area contributed by atoms with Gasteiger partial charge < -0.3 is 10.4 Å². The maximum Gasteiger partial charge on any atom is 0.323 e. The number of aliphatic carboxylic acids is 1. The predicted octanol–water partition coefficient (Wildman–Crippen LogP) is 2.06. The molecule has 0 aliphatic carbocycles. The van der Waals surface area contributed by atoms with Gasteiger partial charge in [0.15, 0.2) is 0 Å². The largest absolute Gasteiger partial charge is 0.480 e. The number of amides is 1. The van der Waals surface area contributed by atoms with Gasteiger partial charge in [0, 0.05) is 23.2 Å². The summed E-state index contributed by atoms with van der Waals surface area (Å²) in [5.74, 6) is -1.78. The number of carbonyl (C=O) groups excluding carboxylic acids is 1. The zero-order chi connectivity index (χ0) is 18.7. The lowest BCUT2D eigenvalue weighted by Gasteiger charge is -2.10. The number of nitrogens with zero attached hydrogens (tertiary/aromatic N) is 2. The van der Waals surface area contributed by atoms with E-state index in [0.29, 0.717) is 10.4 Å². The van der Waals surface area contributed by atoms with Crippen LogP contribution in [-0.4, -0.2) is 26.5 Å². The maximum absolute atomic E-state index is 12.6. The van der Waals surface area contributed by atoms with Gasteiger partial charge in [-0.3, -0.25) is 19.0 Å². The smallest absolute Gasteiger partial charge is 0.323 e. The number of pyridine rings is 2. The second kappa shape index (κ2) is 7.37. The van der Waals surface area contributed by atoms with E-state index in [1.807, 2.05) is 0 Å². The molecule has 2 N–H and O–H groups in total. The number of aromatic nitrogens is 2. The van der Waals surface area contributed by atoms with Crippen molar-refractivity contribution in [3.8, 4) is 0 Å². The Morgan fingerprint density at radius 2 is 1.92 bits per heavy atom. The van der Waals surface area contributed by atoms with Crippen LogP contribution in [0.1, 0.15) is 15.9 Å². The van der Waals surface area contributed by atoms with Gasteiger partial charge in [-0.05, 0) is 35.9 Å². The SMILES string of the molecule is O=C(O)Cn1c(=O)c(C(=O)NCc2ccc(Cl)cc2)cc2cccnc21. The molecule has 0 radical (unpaired) electrons. The van der Waals surface area contributed by atoms with E-state index >= 15 is 0 Å². The maximum atomic E-state index is 12.6. The molecule has 3 aromatic rings. The molecular weight excluding hydrogens is 358 g/mol. The molecule has 7 nitrogen and oxygen atoms in total. The van der Waals surface area contributed by atoms with Gasteiger partial charge in [0.25, 0.3) is 11.5 Å². The highest BCUT2D eigenvalue weighted by Crippen LogP contribution is 2.12. The van der Waals surface area contributed by atoms with Crippen LogP contribution in [0.2, 0.25) is 5.02 Å². The van der Waals surface area contributed by atoms with E-state index in [4.69, 9.17) is 16.7 Å². The summed E-state index contributed by atoms with van der Waals surface area (Å²) in [5.41, 5.74) is 0.193. The first-order valence-corrected chi connectivity index (χ1v) is 8.06. The van der Waals surface area contributed by atoms with Gasteiger partial charge in [0.1, 0.15) is 17.8 Å². The molecule has 0 bridgehead atoms. The van der Waals surface area contributed by atoms with Gasteiger partial charge in [-0.25, -0.2) is 4.98 Å². The number of hydrogen-bond donors (Lipinski definition) is 2. The quantitative estimate of drug-likeness (QED) is 0.715. The summed E-state index contributed by atoms with van der Waals surface area (Å²) in [6.45, 7) is -0.371. The summed E-state index contributed by atoms with van der Waals surface area (Å²) in [6, 6.07) is 11.6. The number of nitrogens with one attached hydrogen (secondary N) is 1. The van der Waals surface area contributed by atoms with Crippen LogP contribution in [0.3, 0.4) is 0 Å². The lowest BCUT2D eigenvalue weighted by atomic mass is 10.1. The van der Waals surface area contributed by atoms with Crippen LogP contribution in [-0.2, 0) is 17.9 Å². The first-order chi connectivity index (χ1) is 12.5. The van der Waals surface area contributed by atoms with Gasteiger partial charge >= 0.3 is 5.97 Å². The molecule has 0 saturated heterocycles. The summed E-state index contributed by atoms with van der Waals surface area (Å²) < 4.78 is 0.981. The second-order valence-electron chi connectivity index (χ2n) is 5.57. The normalized spacial score (nSPS) is 10.7. The van der Waals surface area contributed by atoms with Crippen molar-refractivity contribution in [2.75, 3.05) is 0 Å². The molecule has 0 spiro atoms. The average molecular weight is 372 g/mol. The highest BCUT2D eigenvalue weighted by molar-refractivity contribution is 6.30. The van der Waals surface area contributed by atoms with Crippen molar-refractivity contribution in [3.63, 3.8) is 0 Å². The monoisotopic (exact) mass is 371 g/mol. The van der Waals surface area contributed by atoms with Gasteiger partial charge in [0.2, 0.25) is 0 Å². The van der Waals surface area contributed by atoms with Crippen molar-refractivity contribution in [1.82, 2.24) is 14.9 Å². The Hall–Kier alpha value is -3.19. The van der Waals surface area contributed by atoms with Crippen molar-refractivity contribution < 1.29 is 14.7 Å². The van der Waals surface area contributed by atoms with E-state index in [1.165, 1.54) is 12.3 Å². The standard InChI is InChI=1S/C18H14ClN3O4/c19-13-5-3-11(4-6-13)9-21-17(25)14-8-12-2-1-7-20-16(12)22(18(14)26)10-15(23)24/h1-8H,9-10H2,(H,21,25)(H,23,24). The van der Waals surface area contributed by atoms with Crippen LogP contribution >= 0.6 is 11.6 Å². The highest BCUT2D eigenvalue weighted by atomic mass is 35.5. The second-order valence-corrected chi connectivity index (χ2v) is 6.00. The minimum Gasteiger partial charge on any atom is -0.480 e.